The van der Waals surface area contributed by atoms with E-state index in [0.29, 0.717) is 23.6 Å². The molecule has 0 unspecified atom stereocenters. The van der Waals surface area contributed by atoms with Gasteiger partial charge in [0.05, 0.1) is 22.0 Å². The van der Waals surface area contributed by atoms with E-state index in [9.17, 15) is 22.4 Å². The standard InChI is InChI=1S/C22H26Cl2FN3O4S/c1-4-11-26-22(30)15(2)27(13-16-5-10-19(23)20(24)12-16)21(29)14-28(33(3,31)32)18-8-6-17(25)7-9-18/h5-10,12,15H,4,11,13-14H2,1-3H3,(H,26,30)/t15-/m1/s1. The summed E-state index contributed by atoms with van der Waals surface area (Å²) in [5, 5.41) is 3.37. The van der Waals surface area contributed by atoms with Gasteiger partial charge < -0.3 is 10.2 Å². The van der Waals surface area contributed by atoms with Crippen molar-refractivity contribution in [3.8, 4) is 0 Å². The quantitative estimate of drug-likeness (QED) is 0.518. The summed E-state index contributed by atoms with van der Waals surface area (Å²) < 4.78 is 39.0. The molecule has 2 amide bonds. The number of hydrogen-bond acceptors (Lipinski definition) is 4. The first kappa shape index (κ1) is 26.9. The van der Waals surface area contributed by atoms with Gasteiger partial charge in [0, 0.05) is 13.1 Å². The Morgan fingerprint density at radius 1 is 1.09 bits per heavy atom. The topological polar surface area (TPSA) is 86.8 Å². The third-order valence-electron chi connectivity index (χ3n) is 4.85. The van der Waals surface area contributed by atoms with Crippen LogP contribution in [0, 0.1) is 5.82 Å². The molecule has 0 radical (unpaired) electrons. The van der Waals surface area contributed by atoms with Crippen LogP contribution in [-0.4, -0.2) is 50.5 Å². The van der Waals surface area contributed by atoms with Crippen molar-refractivity contribution in [2.75, 3.05) is 23.7 Å². The van der Waals surface area contributed by atoms with Crippen molar-refractivity contribution >= 4 is 50.7 Å². The monoisotopic (exact) mass is 517 g/mol. The number of carbonyl (C=O) groups is 2. The molecule has 0 saturated heterocycles. The molecule has 0 fully saturated rings. The highest BCUT2D eigenvalue weighted by atomic mass is 35.5. The first-order valence-electron chi connectivity index (χ1n) is 10.2. The van der Waals surface area contributed by atoms with Crippen molar-refractivity contribution in [3.05, 3.63) is 63.9 Å². The van der Waals surface area contributed by atoms with E-state index < -0.39 is 34.3 Å². The molecule has 0 aliphatic heterocycles. The summed E-state index contributed by atoms with van der Waals surface area (Å²) >= 11 is 12.1. The molecule has 0 bridgehead atoms. The van der Waals surface area contributed by atoms with E-state index in [0.717, 1.165) is 22.7 Å². The fraction of sp³-hybridized carbons (Fsp3) is 0.364. The minimum Gasteiger partial charge on any atom is -0.354 e. The van der Waals surface area contributed by atoms with Gasteiger partial charge in [0.2, 0.25) is 21.8 Å². The van der Waals surface area contributed by atoms with Crippen LogP contribution in [-0.2, 0) is 26.2 Å². The Kier molecular flexibility index (Phi) is 9.51. The summed E-state index contributed by atoms with van der Waals surface area (Å²) in [6.07, 6.45) is 1.66. The van der Waals surface area contributed by atoms with E-state index in [1.165, 1.54) is 17.0 Å². The molecular weight excluding hydrogens is 492 g/mol. The lowest BCUT2D eigenvalue weighted by Crippen LogP contribution is -2.51. The number of nitrogens with zero attached hydrogens (tertiary/aromatic N) is 2. The van der Waals surface area contributed by atoms with Crippen LogP contribution in [0.3, 0.4) is 0 Å². The summed E-state index contributed by atoms with van der Waals surface area (Å²) in [6, 6.07) is 8.67. The first-order valence-corrected chi connectivity index (χ1v) is 12.8. The predicted octanol–water partition coefficient (Wildman–Crippen LogP) is 3.84. The fourth-order valence-corrected chi connectivity index (χ4v) is 4.20. The van der Waals surface area contributed by atoms with Gasteiger partial charge in [0.25, 0.3) is 0 Å². The predicted molar refractivity (Wildman–Crippen MR) is 128 cm³/mol. The first-order chi connectivity index (χ1) is 15.4. The van der Waals surface area contributed by atoms with Gasteiger partial charge in [-0.25, -0.2) is 12.8 Å². The van der Waals surface area contributed by atoms with Gasteiger partial charge in [0.1, 0.15) is 18.4 Å². The van der Waals surface area contributed by atoms with Gasteiger partial charge in [-0.05, 0) is 55.3 Å². The third-order valence-corrected chi connectivity index (χ3v) is 6.73. The Morgan fingerprint density at radius 3 is 2.27 bits per heavy atom. The SMILES string of the molecule is CCCNC(=O)[C@@H](C)N(Cc1ccc(Cl)c(Cl)c1)C(=O)CN(c1ccc(F)cc1)S(C)(=O)=O. The maximum absolute atomic E-state index is 13.3. The lowest BCUT2D eigenvalue weighted by molar-refractivity contribution is -0.139. The number of benzene rings is 2. The lowest BCUT2D eigenvalue weighted by atomic mass is 10.1. The number of halogens is 3. The lowest BCUT2D eigenvalue weighted by Gasteiger charge is -2.31. The molecule has 0 heterocycles. The molecule has 33 heavy (non-hydrogen) atoms. The maximum atomic E-state index is 13.3. The second kappa shape index (κ2) is 11.7. The van der Waals surface area contributed by atoms with E-state index in [2.05, 4.69) is 5.32 Å². The van der Waals surface area contributed by atoms with Crippen LogP contribution in [0.1, 0.15) is 25.8 Å². The van der Waals surface area contributed by atoms with E-state index >= 15 is 0 Å². The second-order valence-corrected chi connectivity index (χ2v) is 10.2. The Bertz CT molecular complexity index is 1100. The summed E-state index contributed by atoms with van der Waals surface area (Å²) in [6.45, 7) is 3.32. The molecule has 0 spiro atoms. The zero-order chi connectivity index (χ0) is 24.8. The summed E-state index contributed by atoms with van der Waals surface area (Å²) in [5.74, 6) is -1.53. The van der Waals surface area contributed by atoms with Crippen molar-refractivity contribution in [1.29, 1.82) is 0 Å². The summed E-state index contributed by atoms with van der Waals surface area (Å²) in [4.78, 5) is 27.2. The second-order valence-electron chi connectivity index (χ2n) is 7.48. The molecule has 1 N–H and O–H groups in total. The molecule has 0 aliphatic carbocycles. The van der Waals surface area contributed by atoms with Crippen LogP contribution < -0.4 is 9.62 Å². The number of anilines is 1. The van der Waals surface area contributed by atoms with Crippen molar-refractivity contribution in [2.45, 2.75) is 32.9 Å². The number of amides is 2. The average molecular weight is 518 g/mol. The highest BCUT2D eigenvalue weighted by Crippen LogP contribution is 2.24. The molecule has 2 rings (SSSR count). The molecule has 2 aromatic carbocycles. The van der Waals surface area contributed by atoms with Gasteiger partial charge >= 0.3 is 0 Å². The summed E-state index contributed by atoms with van der Waals surface area (Å²) in [5.41, 5.74) is 0.741. The maximum Gasteiger partial charge on any atom is 0.244 e. The van der Waals surface area contributed by atoms with Crippen LogP contribution >= 0.6 is 23.2 Å². The number of carbonyl (C=O) groups excluding carboxylic acids is 2. The van der Waals surface area contributed by atoms with E-state index in [4.69, 9.17) is 23.2 Å². The van der Waals surface area contributed by atoms with E-state index in [1.807, 2.05) is 6.92 Å². The number of rotatable bonds is 10. The van der Waals surface area contributed by atoms with E-state index in [1.54, 1.807) is 25.1 Å². The van der Waals surface area contributed by atoms with Crippen molar-refractivity contribution in [3.63, 3.8) is 0 Å². The third kappa shape index (κ3) is 7.58. The zero-order valence-electron chi connectivity index (χ0n) is 18.5. The fourth-order valence-electron chi connectivity index (χ4n) is 3.03. The minimum absolute atomic E-state index is 0.00253. The molecule has 11 heteroatoms. The molecular formula is C22H26Cl2FN3O4S. The molecule has 2 aromatic rings. The van der Waals surface area contributed by atoms with Gasteiger partial charge in [-0.1, -0.05) is 36.2 Å². The van der Waals surface area contributed by atoms with Crippen LogP contribution in [0.15, 0.2) is 42.5 Å². The Morgan fingerprint density at radius 2 is 1.73 bits per heavy atom. The van der Waals surface area contributed by atoms with Crippen molar-refractivity contribution < 1.29 is 22.4 Å². The zero-order valence-corrected chi connectivity index (χ0v) is 20.8. The van der Waals surface area contributed by atoms with Crippen LogP contribution in [0.25, 0.3) is 0 Å². The van der Waals surface area contributed by atoms with Crippen molar-refractivity contribution in [2.24, 2.45) is 0 Å². The van der Waals surface area contributed by atoms with Gasteiger partial charge in [0.15, 0.2) is 0 Å². The highest BCUT2D eigenvalue weighted by Gasteiger charge is 2.30. The highest BCUT2D eigenvalue weighted by molar-refractivity contribution is 7.92. The number of nitrogens with one attached hydrogen (secondary N) is 1. The van der Waals surface area contributed by atoms with Gasteiger partial charge in [-0.15, -0.1) is 0 Å². The van der Waals surface area contributed by atoms with Gasteiger partial charge in [-0.2, -0.15) is 0 Å². The van der Waals surface area contributed by atoms with Crippen LogP contribution in [0.5, 0.6) is 0 Å². The molecule has 0 aromatic heterocycles. The Balaban J connectivity index is 2.38. The smallest absolute Gasteiger partial charge is 0.244 e. The summed E-state index contributed by atoms with van der Waals surface area (Å²) in [7, 11) is -3.88. The van der Waals surface area contributed by atoms with E-state index in [-0.39, 0.29) is 23.2 Å². The minimum atomic E-state index is -3.88. The molecule has 0 saturated carbocycles. The largest absolute Gasteiger partial charge is 0.354 e. The van der Waals surface area contributed by atoms with Crippen molar-refractivity contribution in [1.82, 2.24) is 10.2 Å². The molecule has 180 valence electrons. The molecule has 1 atom stereocenters. The Hall–Kier alpha value is -2.36. The number of sulfonamides is 1. The van der Waals surface area contributed by atoms with Crippen LogP contribution in [0.2, 0.25) is 10.0 Å². The molecule has 7 nitrogen and oxygen atoms in total. The Labute approximate surface area is 203 Å². The van der Waals surface area contributed by atoms with Gasteiger partial charge in [-0.3, -0.25) is 13.9 Å². The molecule has 0 aliphatic rings. The number of hydrogen-bond donors (Lipinski definition) is 1. The average Bonchev–Trinajstić information content (AvgIpc) is 2.75. The van der Waals surface area contributed by atoms with Crippen LogP contribution in [0.4, 0.5) is 10.1 Å². The normalized spacial score (nSPS) is 12.2.